The minimum Gasteiger partial charge on any atom is -0.508 e. The predicted octanol–water partition coefficient (Wildman–Crippen LogP) is 1.76. The zero-order valence-corrected chi connectivity index (χ0v) is 14.6. The van der Waals surface area contributed by atoms with Crippen molar-refractivity contribution in [3.8, 4) is 17.2 Å². The Bertz CT molecular complexity index is 834. The van der Waals surface area contributed by atoms with Crippen molar-refractivity contribution in [3.05, 3.63) is 53.6 Å². The molecule has 0 bridgehead atoms. The van der Waals surface area contributed by atoms with Crippen LogP contribution in [-0.4, -0.2) is 44.0 Å². The van der Waals surface area contributed by atoms with E-state index in [1.807, 2.05) is 0 Å². The summed E-state index contributed by atoms with van der Waals surface area (Å²) in [5, 5.41) is 37.7. The van der Waals surface area contributed by atoms with Crippen molar-refractivity contribution in [3.63, 3.8) is 0 Å². The van der Waals surface area contributed by atoms with Crippen LogP contribution in [0.25, 0.3) is 0 Å². The van der Waals surface area contributed by atoms with Gasteiger partial charge in [0.25, 0.3) is 0 Å². The molecule has 0 amide bonds. The molecule has 0 aromatic heterocycles. The maximum atomic E-state index is 12.1. The largest absolute Gasteiger partial charge is 0.508 e. The van der Waals surface area contributed by atoms with Crippen molar-refractivity contribution in [1.82, 2.24) is 0 Å². The standard InChI is InChI=1S/C19H21NO7/c1-11(27-17(24)13-3-5-14(21)6-4-13)9-19(20,18(25)26)10-12-2-7-15(22)16(23)8-12/h2-8,11,21-23H,9-10,20H2,1H3,(H,25,26)/t11-,19-/m1/s1. The van der Waals surface area contributed by atoms with E-state index < -0.39 is 23.6 Å². The van der Waals surface area contributed by atoms with Gasteiger partial charge >= 0.3 is 11.9 Å². The average Bonchev–Trinajstić information content (AvgIpc) is 2.58. The molecule has 6 N–H and O–H groups in total. The van der Waals surface area contributed by atoms with Gasteiger partial charge in [-0.05, 0) is 48.9 Å². The number of aromatic hydroxyl groups is 3. The van der Waals surface area contributed by atoms with Gasteiger partial charge in [0.15, 0.2) is 11.5 Å². The molecule has 0 aliphatic rings. The summed E-state index contributed by atoms with van der Waals surface area (Å²) in [5.41, 5.74) is 4.90. The highest BCUT2D eigenvalue weighted by atomic mass is 16.5. The first-order chi connectivity index (χ1) is 12.6. The highest BCUT2D eigenvalue weighted by Crippen LogP contribution is 2.28. The van der Waals surface area contributed by atoms with Crippen molar-refractivity contribution < 1.29 is 34.8 Å². The molecule has 144 valence electrons. The van der Waals surface area contributed by atoms with Gasteiger partial charge in [-0.25, -0.2) is 4.79 Å². The first kappa shape index (κ1) is 20.1. The molecule has 0 saturated carbocycles. The average molecular weight is 375 g/mol. The zero-order valence-electron chi connectivity index (χ0n) is 14.6. The van der Waals surface area contributed by atoms with Crippen LogP contribution in [0.4, 0.5) is 0 Å². The molecule has 2 aromatic carbocycles. The predicted molar refractivity (Wildman–Crippen MR) is 95.6 cm³/mol. The molecule has 8 heteroatoms. The van der Waals surface area contributed by atoms with E-state index >= 15 is 0 Å². The first-order valence-electron chi connectivity index (χ1n) is 8.14. The third-order valence-corrected chi connectivity index (χ3v) is 4.05. The van der Waals surface area contributed by atoms with E-state index in [2.05, 4.69) is 0 Å². The van der Waals surface area contributed by atoms with Crippen LogP contribution in [0.15, 0.2) is 42.5 Å². The number of phenols is 3. The summed E-state index contributed by atoms with van der Waals surface area (Å²) < 4.78 is 5.25. The lowest BCUT2D eigenvalue weighted by Gasteiger charge is -2.28. The summed E-state index contributed by atoms with van der Waals surface area (Å²) in [6.45, 7) is 1.52. The van der Waals surface area contributed by atoms with Crippen LogP contribution < -0.4 is 5.73 Å². The fourth-order valence-electron chi connectivity index (χ4n) is 2.68. The van der Waals surface area contributed by atoms with Gasteiger partial charge in [0, 0.05) is 12.8 Å². The van der Waals surface area contributed by atoms with E-state index in [1.165, 1.54) is 49.4 Å². The number of phenolic OH excluding ortho intramolecular Hbond substituents is 3. The van der Waals surface area contributed by atoms with Gasteiger partial charge in [-0.3, -0.25) is 4.79 Å². The third-order valence-electron chi connectivity index (χ3n) is 4.05. The van der Waals surface area contributed by atoms with Crippen molar-refractivity contribution in [2.75, 3.05) is 0 Å². The summed E-state index contributed by atoms with van der Waals surface area (Å²) in [6.07, 6.45) is -1.12. The second kappa shape index (κ2) is 7.96. The van der Waals surface area contributed by atoms with E-state index in [0.717, 1.165) is 0 Å². The Morgan fingerprint density at radius 2 is 1.70 bits per heavy atom. The third kappa shape index (κ3) is 5.11. The summed E-state index contributed by atoms with van der Waals surface area (Å²) in [6, 6.07) is 9.36. The Morgan fingerprint density at radius 3 is 2.26 bits per heavy atom. The number of carbonyl (C=O) groups excluding carboxylic acids is 1. The molecule has 0 aliphatic carbocycles. The van der Waals surface area contributed by atoms with Gasteiger partial charge in [0.1, 0.15) is 17.4 Å². The molecule has 2 rings (SSSR count). The number of benzene rings is 2. The fourth-order valence-corrected chi connectivity index (χ4v) is 2.68. The van der Waals surface area contributed by atoms with Crippen molar-refractivity contribution in [1.29, 1.82) is 0 Å². The van der Waals surface area contributed by atoms with E-state index in [0.29, 0.717) is 5.56 Å². The molecule has 0 spiro atoms. The quantitative estimate of drug-likeness (QED) is 0.363. The number of hydrogen-bond acceptors (Lipinski definition) is 7. The molecule has 0 saturated heterocycles. The monoisotopic (exact) mass is 375 g/mol. The molecule has 0 heterocycles. The maximum absolute atomic E-state index is 12.1. The van der Waals surface area contributed by atoms with Crippen LogP contribution in [-0.2, 0) is 16.0 Å². The van der Waals surface area contributed by atoms with Crippen LogP contribution in [0.5, 0.6) is 17.2 Å². The molecule has 0 aliphatic heterocycles. The number of carboxylic acid groups (broad SMARTS) is 1. The molecule has 0 unspecified atom stereocenters. The maximum Gasteiger partial charge on any atom is 0.338 e. The molecular formula is C19H21NO7. The van der Waals surface area contributed by atoms with E-state index in [1.54, 1.807) is 0 Å². The molecule has 8 nitrogen and oxygen atoms in total. The number of carbonyl (C=O) groups is 2. The summed E-state index contributed by atoms with van der Waals surface area (Å²) in [7, 11) is 0. The Morgan fingerprint density at radius 1 is 1.07 bits per heavy atom. The number of nitrogens with two attached hydrogens (primary N) is 1. The van der Waals surface area contributed by atoms with Gasteiger partial charge in [-0.2, -0.15) is 0 Å². The van der Waals surface area contributed by atoms with Crippen molar-refractivity contribution in [2.24, 2.45) is 5.73 Å². The first-order valence-corrected chi connectivity index (χ1v) is 8.14. The number of esters is 1. The molecule has 0 fully saturated rings. The number of ether oxygens (including phenoxy) is 1. The smallest absolute Gasteiger partial charge is 0.338 e. The second-order valence-electron chi connectivity index (χ2n) is 6.43. The van der Waals surface area contributed by atoms with Crippen LogP contribution in [0.1, 0.15) is 29.3 Å². The Labute approximate surface area is 155 Å². The van der Waals surface area contributed by atoms with Gasteiger partial charge < -0.3 is 30.9 Å². The van der Waals surface area contributed by atoms with E-state index in [9.17, 15) is 30.0 Å². The summed E-state index contributed by atoms with van der Waals surface area (Å²) >= 11 is 0. The van der Waals surface area contributed by atoms with Gasteiger partial charge in [-0.15, -0.1) is 0 Å². The van der Waals surface area contributed by atoms with E-state index in [-0.39, 0.29) is 35.7 Å². The van der Waals surface area contributed by atoms with Crippen molar-refractivity contribution in [2.45, 2.75) is 31.4 Å². The minimum absolute atomic E-state index is 0.00333. The van der Waals surface area contributed by atoms with Gasteiger partial charge in [-0.1, -0.05) is 6.07 Å². The Kier molecular flexibility index (Phi) is 5.91. The lowest BCUT2D eigenvalue weighted by molar-refractivity contribution is -0.144. The van der Waals surface area contributed by atoms with Crippen LogP contribution >= 0.6 is 0 Å². The number of carboxylic acids is 1. The van der Waals surface area contributed by atoms with Crippen LogP contribution in [0.3, 0.4) is 0 Å². The highest BCUT2D eigenvalue weighted by molar-refractivity contribution is 5.89. The SMILES string of the molecule is C[C@H](C[C@@](N)(Cc1ccc(O)c(O)c1)C(=O)O)OC(=O)c1ccc(O)cc1. The topological polar surface area (TPSA) is 150 Å². The fraction of sp³-hybridized carbons (Fsp3) is 0.263. The second-order valence-corrected chi connectivity index (χ2v) is 6.43. The van der Waals surface area contributed by atoms with Gasteiger partial charge in [0.2, 0.25) is 0 Å². The molecule has 0 radical (unpaired) electrons. The summed E-state index contributed by atoms with van der Waals surface area (Å²) in [4.78, 5) is 23.8. The van der Waals surface area contributed by atoms with Gasteiger partial charge in [0.05, 0.1) is 5.56 Å². The van der Waals surface area contributed by atoms with E-state index in [4.69, 9.17) is 10.5 Å². The Balaban J connectivity index is 2.09. The highest BCUT2D eigenvalue weighted by Gasteiger charge is 2.37. The summed E-state index contributed by atoms with van der Waals surface area (Å²) in [5.74, 6) is -2.66. The normalized spacial score (nSPS) is 14.1. The zero-order chi connectivity index (χ0) is 20.2. The lowest BCUT2D eigenvalue weighted by Crippen LogP contribution is -2.52. The van der Waals surface area contributed by atoms with Crippen molar-refractivity contribution >= 4 is 11.9 Å². The number of rotatable bonds is 7. The molecule has 2 aromatic rings. The molecule has 2 atom stereocenters. The number of hydrogen-bond donors (Lipinski definition) is 5. The van der Waals surface area contributed by atoms with Crippen LogP contribution in [0.2, 0.25) is 0 Å². The minimum atomic E-state index is -1.75. The Hall–Kier alpha value is -3.26. The van der Waals surface area contributed by atoms with Crippen LogP contribution in [0, 0.1) is 0 Å². The molecule has 27 heavy (non-hydrogen) atoms. The lowest BCUT2D eigenvalue weighted by atomic mass is 9.86. The number of aliphatic carboxylic acids is 1. The molecular weight excluding hydrogens is 354 g/mol.